The molecule has 0 aliphatic carbocycles. The van der Waals surface area contributed by atoms with Crippen LogP contribution in [0.5, 0.6) is 0 Å². The zero-order valence-corrected chi connectivity index (χ0v) is 11.1. The van der Waals surface area contributed by atoms with E-state index in [1.54, 1.807) is 10.8 Å². The van der Waals surface area contributed by atoms with Gasteiger partial charge in [0, 0.05) is 18.0 Å². The standard InChI is InChI=1S/C14H15N5O/c1-2-3-11(20)19-7-6-8-10(19)5-4-9-12(8)13(15)18-14(16)17-9/h4-7H,2-3H2,1H3,(H4,15,16,17,18). The van der Waals surface area contributed by atoms with Crippen molar-refractivity contribution in [3.05, 3.63) is 24.4 Å². The molecule has 0 aliphatic rings. The van der Waals surface area contributed by atoms with Gasteiger partial charge in [-0.1, -0.05) is 6.92 Å². The van der Waals surface area contributed by atoms with Gasteiger partial charge in [-0.2, -0.15) is 4.98 Å². The first kappa shape index (κ1) is 12.4. The lowest BCUT2D eigenvalue weighted by molar-refractivity contribution is 0.0907. The van der Waals surface area contributed by atoms with Gasteiger partial charge in [-0.15, -0.1) is 0 Å². The predicted molar refractivity (Wildman–Crippen MR) is 79.4 cm³/mol. The predicted octanol–water partition coefficient (Wildman–Crippen LogP) is 2.19. The van der Waals surface area contributed by atoms with Crippen molar-refractivity contribution in [2.75, 3.05) is 11.5 Å². The molecular weight excluding hydrogens is 254 g/mol. The molecule has 0 saturated heterocycles. The van der Waals surface area contributed by atoms with Gasteiger partial charge in [-0.05, 0) is 24.6 Å². The highest BCUT2D eigenvalue weighted by Crippen LogP contribution is 2.29. The fourth-order valence-electron chi connectivity index (χ4n) is 2.45. The quantitative estimate of drug-likeness (QED) is 0.742. The number of nitrogens with zero attached hydrogens (tertiary/aromatic N) is 3. The Morgan fingerprint density at radius 3 is 2.80 bits per heavy atom. The summed E-state index contributed by atoms with van der Waals surface area (Å²) in [6, 6.07) is 5.53. The van der Waals surface area contributed by atoms with Gasteiger partial charge in [0.15, 0.2) is 0 Å². The molecule has 0 spiro atoms. The molecule has 0 saturated carbocycles. The fraction of sp³-hybridized carbons (Fsp3) is 0.214. The van der Waals surface area contributed by atoms with Crippen LogP contribution in [0.15, 0.2) is 24.4 Å². The normalized spacial score (nSPS) is 11.2. The number of hydrogen-bond donors (Lipinski definition) is 2. The third-order valence-corrected chi connectivity index (χ3v) is 3.31. The first-order valence-corrected chi connectivity index (χ1v) is 6.47. The zero-order valence-electron chi connectivity index (χ0n) is 11.1. The lowest BCUT2D eigenvalue weighted by Gasteiger charge is -2.06. The van der Waals surface area contributed by atoms with E-state index in [4.69, 9.17) is 11.5 Å². The van der Waals surface area contributed by atoms with Crippen molar-refractivity contribution in [2.24, 2.45) is 0 Å². The van der Waals surface area contributed by atoms with E-state index in [0.717, 1.165) is 22.7 Å². The Balaban J connectivity index is 2.31. The van der Waals surface area contributed by atoms with Gasteiger partial charge in [0.2, 0.25) is 11.9 Å². The number of rotatable bonds is 2. The van der Waals surface area contributed by atoms with E-state index in [1.165, 1.54) is 0 Å². The van der Waals surface area contributed by atoms with Crippen LogP contribution >= 0.6 is 0 Å². The average molecular weight is 269 g/mol. The number of nitrogens with two attached hydrogens (primary N) is 2. The molecule has 0 bridgehead atoms. The van der Waals surface area contributed by atoms with Crippen molar-refractivity contribution >= 4 is 39.5 Å². The van der Waals surface area contributed by atoms with E-state index in [0.29, 0.717) is 17.8 Å². The lowest BCUT2D eigenvalue weighted by Crippen LogP contribution is -2.08. The molecule has 0 amide bonds. The Morgan fingerprint density at radius 2 is 2.05 bits per heavy atom. The first-order chi connectivity index (χ1) is 9.61. The van der Waals surface area contributed by atoms with Crippen LogP contribution in [0.2, 0.25) is 0 Å². The SMILES string of the molecule is CCCC(=O)n1ccc2c3c(N)nc(N)nc3ccc21. The van der Waals surface area contributed by atoms with Crippen LogP contribution in [0.3, 0.4) is 0 Å². The van der Waals surface area contributed by atoms with Crippen LogP contribution in [0.4, 0.5) is 11.8 Å². The van der Waals surface area contributed by atoms with E-state index < -0.39 is 0 Å². The van der Waals surface area contributed by atoms with Gasteiger partial charge < -0.3 is 11.5 Å². The summed E-state index contributed by atoms with van der Waals surface area (Å²) in [5, 5.41) is 1.60. The van der Waals surface area contributed by atoms with E-state index >= 15 is 0 Å². The molecule has 6 nitrogen and oxygen atoms in total. The van der Waals surface area contributed by atoms with Gasteiger partial charge in [0.05, 0.1) is 16.4 Å². The molecule has 0 unspecified atom stereocenters. The smallest absolute Gasteiger partial charge is 0.231 e. The Kier molecular flexibility index (Phi) is 2.78. The Hall–Kier alpha value is -2.63. The summed E-state index contributed by atoms with van der Waals surface area (Å²) in [6.07, 6.45) is 3.08. The topological polar surface area (TPSA) is 99.8 Å². The van der Waals surface area contributed by atoms with Gasteiger partial charge >= 0.3 is 0 Å². The summed E-state index contributed by atoms with van der Waals surface area (Å²) >= 11 is 0. The molecule has 1 aromatic carbocycles. The summed E-state index contributed by atoms with van der Waals surface area (Å²) < 4.78 is 1.65. The molecule has 2 aromatic heterocycles. The van der Waals surface area contributed by atoms with Gasteiger partial charge in [0.1, 0.15) is 5.82 Å². The lowest BCUT2D eigenvalue weighted by atomic mass is 10.1. The largest absolute Gasteiger partial charge is 0.383 e. The maximum Gasteiger partial charge on any atom is 0.231 e. The number of anilines is 2. The Morgan fingerprint density at radius 1 is 1.25 bits per heavy atom. The molecule has 0 atom stereocenters. The number of benzene rings is 1. The highest BCUT2D eigenvalue weighted by Gasteiger charge is 2.13. The highest BCUT2D eigenvalue weighted by molar-refractivity contribution is 6.12. The van der Waals surface area contributed by atoms with Crippen molar-refractivity contribution in [3.8, 4) is 0 Å². The molecule has 102 valence electrons. The third-order valence-electron chi connectivity index (χ3n) is 3.31. The van der Waals surface area contributed by atoms with Gasteiger partial charge in [0.25, 0.3) is 0 Å². The van der Waals surface area contributed by atoms with E-state index in [9.17, 15) is 4.79 Å². The minimum Gasteiger partial charge on any atom is -0.383 e. The zero-order chi connectivity index (χ0) is 14.3. The Bertz CT molecular complexity index is 821. The molecule has 4 N–H and O–H groups in total. The number of carbonyl (C=O) groups excluding carboxylic acids is 1. The number of aromatic nitrogens is 3. The molecule has 6 heteroatoms. The van der Waals surface area contributed by atoms with Crippen LogP contribution in [0, 0.1) is 0 Å². The van der Waals surface area contributed by atoms with Crippen LogP contribution in [-0.2, 0) is 0 Å². The first-order valence-electron chi connectivity index (χ1n) is 6.47. The number of hydrogen-bond acceptors (Lipinski definition) is 5. The Labute approximate surface area is 115 Å². The number of fused-ring (bicyclic) bond motifs is 3. The second-order valence-electron chi connectivity index (χ2n) is 4.69. The average Bonchev–Trinajstić information content (AvgIpc) is 2.81. The highest BCUT2D eigenvalue weighted by atomic mass is 16.2. The van der Waals surface area contributed by atoms with Crippen molar-refractivity contribution in [2.45, 2.75) is 19.8 Å². The van der Waals surface area contributed by atoms with Crippen molar-refractivity contribution in [1.29, 1.82) is 0 Å². The number of nitrogen functional groups attached to an aromatic ring is 2. The monoisotopic (exact) mass is 269 g/mol. The van der Waals surface area contributed by atoms with Crippen molar-refractivity contribution < 1.29 is 4.79 Å². The van der Waals surface area contributed by atoms with E-state index in [2.05, 4.69) is 9.97 Å². The minimum absolute atomic E-state index is 0.0665. The molecule has 0 fully saturated rings. The van der Waals surface area contributed by atoms with Crippen molar-refractivity contribution in [3.63, 3.8) is 0 Å². The summed E-state index contributed by atoms with van der Waals surface area (Å²) in [6.45, 7) is 1.98. The maximum atomic E-state index is 12.1. The molecule has 3 rings (SSSR count). The minimum atomic E-state index is 0.0665. The summed E-state index contributed by atoms with van der Waals surface area (Å²) in [5.41, 5.74) is 13.0. The van der Waals surface area contributed by atoms with Gasteiger partial charge in [-0.25, -0.2) is 4.98 Å². The summed E-state index contributed by atoms with van der Waals surface area (Å²) in [5.74, 6) is 0.548. The van der Waals surface area contributed by atoms with E-state index in [1.807, 2.05) is 25.1 Å². The van der Waals surface area contributed by atoms with Crippen LogP contribution in [-0.4, -0.2) is 20.4 Å². The molecular formula is C14H15N5O. The molecule has 2 heterocycles. The maximum absolute atomic E-state index is 12.1. The molecule has 0 radical (unpaired) electrons. The van der Waals surface area contributed by atoms with Crippen LogP contribution in [0.1, 0.15) is 24.6 Å². The molecule has 3 aromatic rings. The number of carbonyl (C=O) groups is 1. The van der Waals surface area contributed by atoms with Crippen LogP contribution < -0.4 is 11.5 Å². The molecule has 0 aliphatic heterocycles. The van der Waals surface area contributed by atoms with Gasteiger partial charge in [-0.3, -0.25) is 9.36 Å². The summed E-state index contributed by atoms with van der Waals surface area (Å²) in [7, 11) is 0. The van der Waals surface area contributed by atoms with E-state index in [-0.39, 0.29) is 11.9 Å². The second kappa shape index (κ2) is 4.48. The fourth-order valence-corrected chi connectivity index (χ4v) is 2.45. The third kappa shape index (κ3) is 1.77. The molecule has 20 heavy (non-hydrogen) atoms. The second-order valence-corrected chi connectivity index (χ2v) is 4.69. The summed E-state index contributed by atoms with van der Waals surface area (Å²) in [4.78, 5) is 20.2. The van der Waals surface area contributed by atoms with Crippen molar-refractivity contribution in [1.82, 2.24) is 14.5 Å². The van der Waals surface area contributed by atoms with Crippen LogP contribution in [0.25, 0.3) is 21.8 Å².